The first-order valence-electron chi connectivity index (χ1n) is 9.41. The lowest BCUT2D eigenvalue weighted by molar-refractivity contribution is -0.127. The molecule has 2 aromatic rings. The van der Waals surface area contributed by atoms with Crippen LogP contribution in [0.25, 0.3) is 10.8 Å². The van der Waals surface area contributed by atoms with E-state index in [2.05, 4.69) is 0 Å². The van der Waals surface area contributed by atoms with Gasteiger partial charge in [0.15, 0.2) is 0 Å². The van der Waals surface area contributed by atoms with Crippen LogP contribution in [0.3, 0.4) is 0 Å². The van der Waals surface area contributed by atoms with Gasteiger partial charge in [0.2, 0.25) is 0 Å². The van der Waals surface area contributed by atoms with E-state index in [1.807, 2.05) is 26.0 Å². The van der Waals surface area contributed by atoms with E-state index in [0.717, 1.165) is 0 Å². The van der Waals surface area contributed by atoms with Crippen molar-refractivity contribution in [1.82, 2.24) is 0 Å². The minimum Gasteiger partial charge on any atom is -0.461 e. The molecule has 28 heavy (non-hydrogen) atoms. The number of hydrogen-bond acceptors (Lipinski definition) is 6. The average Bonchev–Trinajstić information content (AvgIpc) is 2.66. The molecule has 0 N–H and O–H groups in total. The van der Waals surface area contributed by atoms with Crippen molar-refractivity contribution in [3.8, 4) is 0 Å². The second-order valence-electron chi connectivity index (χ2n) is 8.47. The van der Waals surface area contributed by atoms with Crippen LogP contribution in [-0.4, -0.2) is 51.6 Å². The monoisotopic (exact) mass is 384 g/mol. The van der Waals surface area contributed by atoms with Gasteiger partial charge in [-0.3, -0.25) is 0 Å². The van der Waals surface area contributed by atoms with Crippen LogP contribution >= 0.6 is 0 Å². The fourth-order valence-electron chi connectivity index (χ4n) is 3.37. The van der Waals surface area contributed by atoms with Crippen LogP contribution in [0.2, 0.25) is 0 Å². The van der Waals surface area contributed by atoms with Gasteiger partial charge in [0, 0.05) is 10.8 Å². The zero-order valence-electron chi connectivity index (χ0n) is 16.2. The van der Waals surface area contributed by atoms with Crippen molar-refractivity contribution in [2.45, 2.75) is 13.8 Å². The number of fused-ring (bicyclic) bond motifs is 1. The van der Waals surface area contributed by atoms with Gasteiger partial charge in [-0.15, -0.1) is 0 Å². The van der Waals surface area contributed by atoms with Gasteiger partial charge in [-0.25, -0.2) is 9.59 Å². The van der Waals surface area contributed by atoms with Gasteiger partial charge in [0.05, 0.1) is 37.6 Å². The Kier molecular flexibility index (Phi) is 4.85. The van der Waals surface area contributed by atoms with Crippen LogP contribution in [0.15, 0.2) is 36.4 Å². The molecule has 2 aromatic carbocycles. The van der Waals surface area contributed by atoms with E-state index in [-0.39, 0.29) is 10.8 Å². The Bertz CT molecular complexity index is 835. The third-order valence-corrected chi connectivity index (χ3v) is 5.27. The number of hydrogen-bond donors (Lipinski definition) is 0. The molecule has 0 radical (unpaired) electrons. The van der Waals surface area contributed by atoms with E-state index in [9.17, 15) is 9.59 Å². The second-order valence-corrected chi connectivity index (χ2v) is 8.47. The molecule has 6 heteroatoms. The van der Waals surface area contributed by atoms with Crippen molar-refractivity contribution in [3.05, 3.63) is 47.5 Å². The molecule has 2 aliphatic rings. The predicted octanol–water partition coefficient (Wildman–Crippen LogP) is 3.23. The minimum atomic E-state index is -0.400. The Morgan fingerprint density at radius 1 is 0.786 bits per heavy atom. The number of carbonyl (C=O) groups is 2. The molecule has 4 rings (SSSR count). The molecular weight excluding hydrogens is 360 g/mol. The summed E-state index contributed by atoms with van der Waals surface area (Å²) in [6, 6.07) is 10.6. The SMILES string of the molecule is CC1(COC(=O)c2cccc3c(C(=O)OCC4(C)COC4)cccc23)COC1. The standard InChI is InChI=1S/C22H24O6/c1-21(9-25-10-21)13-27-19(23)17-7-3-6-16-15(17)5-4-8-18(16)20(24)28-14-22(2)11-26-12-22/h3-8H,9-14H2,1-2H3. The van der Waals surface area contributed by atoms with Crippen LogP contribution < -0.4 is 0 Å². The quantitative estimate of drug-likeness (QED) is 0.712. The van der Waals surface area contributed by atoms with E-state index >= 15 is 0 Å². The second kappa shape index (κ2) is 7.18. The number of ether oxygens (including phenoxy) is 4. The van der Waals surface area contributed by atoms with E-state index < -0.39 is 11.9 Å². The van der Waals surface area contributed by atoms with Gasteiger partial charge in [0.1, 0.15) is 13.2 Å². The normalized spacial score (nSPS) is 19.4. The molecule has 6 nitrogen and oxygen atoms in total. The molecule has 0 aliphatic carbocycles. The van der Waals surface area contributed by atoms with Crippen LogP contribution in [0.4, 0.5) is 0 Å². The van der Waals surface area contributed by atoms with E-state index in [0.29, 0.717) is 61.5 Å². The smallest absolute Gasteiger partial charge is 0.338 e. The Morgan fingerprint density at radius 2 is 1.18 bits per heavy atom. The maximum atomic E-state index is 12.6. The molecule has 2 fully saturated rings. The number of esters is 2. The highest BCUT2D eigenvalue weighted by molar-refractivity contribution is 6.11. The lowest BCUT2D eigenvalue weighted by Gasteiger charge is -2.37. The lowest BCUT2D eigenvalue weighted by Crippen LogP contribution is -2.44. The van der Waals surface area contributed by atoms with E-state index in [1.54, 1.807) is 24.3 Å². The van der Waals surface area contributed by atoms with Crippen LogP contribution in [0, 0.1) is 10.8 Å². The highest BCUT2D eigenvalue weighted by Crippen LogP contribution is 2.30. The van der Waals surface area contributed by atoms with Gasteiger partial charge in [0.25, 0.3) is 0 Å². The molecule has 0 atom stereocenters. The van der Waals surface area contributed by atoms with E-state index in [1.165, 1.54) is 0 Å². The first-order valence-corrected chi connectivity index (χ1v) is 9.41. The largest absolute Gasteiger partial charge is 0.461 e. The van der Waals surface area contributed by atoms with Crippen molar-refractivity contribution >= 4 is 22.7 Å². The van der Waals surface area contributed by atoms with E-state index in [4.69, 9.17) is 18.9 Å². The molecule has 2 saturated heterocycles. The summed E-state index contributed by atoms with van der Waals surface area (Å²) in [4.78, 5) is 25.3. The van der Waals surface area contributed by atoms with Gasteiger partial charge >= 0.3 is 11.9 Å². The van der Waals surface area contributed by atoms with Crippen molar-refractivity contribution in [2.75, 3.05) is 39.6 Å². The fourth-order valence-corrected chi connectivity index (χ4v) is 3.37. The van der Waals surface area contributed by atoms with Crippen molar-refractivity contribution in [1.29, 1.82) is 0 Å². The van der Waals surface area contributed by atoms with Crippen molar-refractivity contribution in [3.63, 3.8) is 0 Å². The molecule has 0 bridgehead atoms. The van der Waals surface area contributed by atoms with Gasteiger partial charge in [-0.2, -0.15) is 0 Å². The summed E-state index contributed by atoms with van der Waals surface area (Å²) < 4.78 is 21.4. The third-order valence-electron chi connectivity index (χ3n) is 5.27. The predicted molar refractivity (Wildman–Crippen MR) is 102 cm³/mol. The lowest BCUT2D eigenvalue weighted by atomic mass is 9.90. The van der Waals surface area contributed by atoms with Crippen molar-refractivity contribution < 1.29 is 28.5 Å². The Labute approximate surface area is 163 Å². The zero-order valence-corrected chi connectivity index (χ0v) is 16.2. The molecule has 2 heterocycles. The molecule has 2 aliphatic heterocycles. The molecule has 0 unspecified atom stereocenters. The van der Waals surface area contributed by atoms with Gasteiger partial charge < -0.3 is 18.9 Å². The van der Waals surface area contributed by atoms with Crippen LogP contribution in [0.1, 0.15) is 34.6 Å². The first kappa shape index (κ1) is 18.9. The fraction of sp³-hybridized carbons (Fsp3) is 0.455. The summed E-state index contributed by atoms with van der Waals surface area (Å²) in [5.41, 5.74) is 0.651. The summed E-state index contributed by atoms with van der Waals surface area (Å²) in [6.07, 6.45) is 0. The molecule has 0 aromatic heterocycles. The van der Waals surface area contributed by atoms with Crippen molar-refractivity contribution in [2.24, 2.45) is 10.8 Å². The van der Waals surface area contributed by atoms with Crippen LogP contribution in [-0.2, 0) is 18.9 Å². The Hall–Kier alpha value is -2.44. The third kappa shape index (κ3) is 3.62. The summed E-state index contributed by atoms with van der Waals surface area (Å²) in [7, 11) is 0. The highest BCUT2D eigenvalue weighted by Gasteiger charge is 2.36. The highest BCUT2D eigenvalue weighted by atomic mass is 16.6. The Morgan fingerprint density at radius 3 is 1.50 bits per heavy atom. The molecule has 0 saturated carbocycles. The molecule has 0 amide bonds. The van der Waals surface area contributed by atoms with Crippen LogP contribution in [0.5, 0.6) is 0 Å². The number of carbonyl (C=O) groups excluding carboxylic acids is 2. The summed E-state index contributed by atoms with van der Waals surface area (Å²) in [5, 5.41) is 1.35. The number of benzene rings is 2. The molecule has 0 spiro atoms. The average molecular weight is 384 g/mol. The number of rotatable bonds is 6. The molecule has 148 valence electrons. The van der Waals surface area contributed by atoms with Gasteiger partial charge in [-0.05, 0) is 22.9 Å². The summed E-state index contributed by atoms with van der Waals surface area (Å²) in [6.45, 7) is 7.04. The summed E-state index contributed by atoms with van der Waals surface area (Å²) in [5.74, 6) is -0.799. The maximum absolute atomic E-state index is 12.6. The topological polar surface area (TPSA) is 71.1 Å². The molecular formula is C22H24O6. The van der Waals surface area contributed by atoms with Gasteiger partial charge in [-0.1, -0.05) is 38.1 Å². The maximum Gasteiger partial charge on any atom is 0.338 e. The summed E-state index contributed by atoms with van der Waals surface area (Å²) >= 11 is 0. The first-order chi connectivity index (χ1) is 13.4. The Balaban J connectivity index is 1.53. The minimum absolute atomic E-state index is 0.115. The zero-order chi connectivity index (χ0) is 19.8.